The van der Waals surface area contributed by atoms with Crippen LogP contribution in [0.15, 0.2) is 55.1 Å². The molecule has 0 aromatic heterocycles. The lowest BCUT2D eigenvalue weighted by atomic mass is 9.93. The van der Waals surface area contributed by atoms with E-state index in [4.69, 9.17) is 0 Å². The number of hydrogen-bond acceptors (Lipinski definition) is 1. The van der Waals surface area contributed by atoms with Crippen LogP contribution in [0.1, 0.15) is 33.8 Å². The summed E-state index contributed by atoms with van der Waals surface area (Å²) in [7, 11) is 0. The summed E-state index contributed by atoms with van der Waals surface area (Å²) in [6.45, 7) is 3.84. The van der Waals surface area contributed by atoms with Gasteiger partial charge < -0.3 is 0 Å². The molecule has 0 heterocycles. The number of carbonyl (C=O) groups excluding carboxylic acids is 1. The number of carbonyl (C=O) groups is 1. The van der Waals surface area contributed by atoms with Gasteiger partial charge in [-0.1, -0.05) is 42.5 Å². The van der Waals surface area contributed by atoms with Crippen molar-refractivity contribution in [2.45, 2.75) is 12.3 Å². The zero-order valence-corrected chi connectivity index (χ0v) is 10.1. The largest absolute Gasteiger partial charge is 0.298 e. The average molecular weight is 234 g/mol. The topological polar surface area (TPSA) is 17.1 Å². The summed E-state index contributed by atoms with van der Waals surface area (Å²) in [6.07, 6.45) is 3.77. The third-order valence-corrected chi connectivity index (χ3v) is 3.62. The van der Waals surface area contributed by atoms with Gasteiger partial charge in [-0.15, -0.1) is 6.58 Å². The van der Waals surface area contributed by atoms with Crippen LogP contribution >= 0.6 is 0 Å². The van der Waals surface area contributed by atoms with E-state index in [-0.39, 0.29) is 0 Å². The van der Waals surface area contributed by atoms with Crippen molar-refractivity contribution in [2.24, 2.45) is 0 Å². The lowest BCUT2D eigenvalue weighted by Crippen LogP contribution is -1.95. The Labute approximate surface area is 107 Å². The minimum absolute atomic E-state index is 0.341. The monoisotopic (exact) mass is 234 g/mol. The van der Waals surface area contributed by atoms with Crippen LogP contribution < -0.4 is 0 Å². The summed E-state index contributed by atoms with van der Waals surface area (Å²) in [5.41, 5.74) is 5.88. The predicted octanol–water partition coefficient (Wildman–Crippen LogP) is 4.19. The van der Waals surface area contributed by atoms with Crippen LogP contribution in [0.25, 0.3) is 11.1 Å². The Morgan fingerprint density at radius 2 is 1.83 bits per heavy atom. The summed E-state index contributed by atoms with van der Waals surface area (Å²) in [6, 6.07) is 14.4. The van der Waals surface area contributed by atoms with Crippen molar-refractivity contribution in [2.75, 3.05) is 0 Å². The number of aldehydes is 1. The molecule has 0 bridgehead atoms. The SMILES string of the molecule is C=CCC1c2ccccc2-c2ccc(C=O)cc21. The van der Waals surface area contributed by atoms with Gasteiger partial charge >= 0.3 is 0 Å². The molecular formula is C17H14O. The second-order valence-electron chi connectivity index (χ2n) is 4.63. The van der Waals surface area contributed by atoms with Gasteiger partial charge in [0.25, 0.3) is 0 Å². The molecule has 0 spiro atoms. The highest BCUT2D eigenvalue weighted by Crippen LogP contribution is 2.46. The van der Waals surface area contributed by atoms with Gasteiger partial charge in [0.05, 0.1) is 0 Å². The van der Waals surface area contributed by atoms with Crippen molar-refractivity contribution in [1.29, 1.82) is 0 Å². The van der Waals surface area contributed by atoms with Gasteiger partial charge in [-0.3, -0.25) is 4.79 Å². The third kappa shape index (κ3) is 1.52. The van der Waals surface area contributed by atoms with E-state index in [2.05, 4.69) is 36.9 Å². The molecule has 0 fully saturated rings. The molecule has 2 aromatic rings. The van der Waals surface area contributed by atoms with E-state index < -0.39 is 0 Å². The Kier molecular flexibility index (Phi) is 2.60. The van der Waals surface area contributed by atoms with E-state index in [0.29, 0.717) is 5.92 Å². The number of benzene rings is 2. The first-order chi connectivity index (χ1) is 8.85. The average Bonchev–Trinajstić information content (AvgIpc) is 2.73. The molecule has 0 saturated heterocycles. The van der Waals surface area contributed by atoms with Crippen molar-refractivity contribution in [3.8, 4) is 11.1 Å². The molecule has 88 valence electrons. The molecule has 3 rings (SSSR count). The smallest absolute Gasteiger partial charge is 0.150 e. The van der Waals surface area contributed by atoms with Gasteiger partial charge in [0, 0.05) is 11.5 Å². The van der Waals surface area contributed by atoms with Crippen molar-refractivity contribution in [3.63, 3.8) is 0 Å². The highest BCUT2D eigenvalue weighted by Gasteiger charge is 2.27. The maximum Gasteiger partial charge on any atom is 0.150 e. The summed E-state index contributed by atoms with van der Waals surface area (Å²) in [5.74, 6) is 0.341. The highest BCUT2D eigenvalue weighted by atomic mass is 16.1. The molecule has 0 N–H and O–H groups in total. The van der Waals surface area contributed by atoms with E-state index in [1.807, 2.05) is 18.2 Å². The molecule has 0 aliphatic heterocycles. The summed E-state index contributed by atoms with van der Waals surface area (Å²) < 4.78 is 0. The summed E-state index contributed by atoms with van der Waals surface area (Å²) in [5, 5.41) is 0. The standard InChI is InChI=1S/C17H14O/c1-2-5-13-14-6-3-4-7-15(14)16-9-8-12(11-18)10-17(13)16/h2-4,6-11,13H,1,5H2. The Balaban J connectivity index is 2.24. The fourth-order valence-corrected chi connectivity index (χ4v) is 2.82. The van der Waals surface area contributed by atoms with Crippen molar-refractivity contribution < 1.29 is 4.79 Å². The molecular weight excluding hydrogens is 220 g/mol. The molecule has 18 heavy (non-hydrogen) atoms. The van der Waals surface area contributed by atoms with Gasteiger partial charge in [0.2, 0.25) is 0 Å². The Bertz CT molecular complexity index is 625. The first kappa shape index (κ1) is 11.0. The number of fused-ring (bicyclic) bond motifs is 3. The van der Waals surface area contributed by atoms with Crippen molar-refractivity contribution >= 4 is 6.29 Å². The van der Waals surface area contributed by atoms with Crippen LogP contribution in [0.4, 0.5) is 0 Å². The molecule has 1 heteroatoms. The number of rotatable bonds is 3. The highest BCUT2D eigenvalue weighted by molar-refractivity contribution is 5.83. The summed E-state index contributed by atoms with van der Waals surface area (Å²) >= 11 is 0. The van der Waals surface area contributed by atoms with Crippen molar-refractivity contribution in [1.82, 2.24) is 0 Å². The summed E-state index contributed by atoms with van der Waals surface area (Å²) in [4.78, 5) is 10.9. The van der Waals surface area contributed by atoms with Crippen LogP contribution in [0.3, 0.4) is 0 Å². The quantitative estimate of drug-likeness (QED) is 0.575. The molecule has 1 atom stereocenters. The minimum Gasteiger partial charge on any atom is -0.298 e. The Morgan fingerprint density at radius 1 is 1.06 bits per heavy atom. The normalized spacial score (nSPS) is 15.9. The molecule has 0 amide bonds. The van der Waals surface area contributed by atoms with Gasteiger partial charge in [0.1, 0.15) is 6.29 Å². The van der Waals surface area contributed by atoms with Crippen LogP contribution in [-0.4, -0.2) is 6.29 Å². The Morgan fingerprint density at radius 3 is 2.61 bits per heavy atom. The van der Waals surface area contributed by atoms with Gasteiger partial charge in [-0.05, 0) is 34.7 Å². The number of allylic oxidation sites excluding steroid dienone is 1. The first-order valence-electron chi connectivity index (χ1n) is 6.14. The van der Waals surface area contributed by atoms with E-state index >= 15 is 0 Å². The van der Waals surface area contributed by atoms with Crippen LogP contribution in [0.2, 0.25) is 0 Å². The van der Waals surface area contributed by atoms with E-state index in [1.54, 1.807) is 0 Å². The fraction of sp³-hybridized carbons (Fsp3) is 0.118. The molecule has 1 unspecified atom stereocenters. The van der Waals surface area contributed by atoms with E-state index in [9.17, 15) is 4.79 Å². The maximum atomic E-state index is 10.9. The van der Waals surface area contributed by atoms with E-state index in [1.165, 1.54) is 22.3 Å². The minimum atomic E-state index is 0.341. The van der Waals surface area contributed by atoms with Gasteiger partial charge in [-0.2, -0.15) is 0 Å². The zero-order chi connectivity index (χ0) is 12.5. The van der Waals surface area contributed by atoms with Gasteiger partial charge in [-0.25, -0.2) is 0 Å². The maximum absolute atomic E-state index is 10.9. The first-order valence-corrected chi connectivity index (χ1v) is 6.14. The molecule has 0 saturated carbocycles. The molecule has 2 aromatic carbocycles. The second-order valence-corrected chi connectivity index (χ2v) is 4.63. The lowest BCUT2D eigenvalue weighted by molar-refractivity contribution is 0.112. The second kappa shape index (κ2) is 4.26. The lowest BCUT2D eigenvalue weighted by Gasteiger charge is -2.10. The van der Waals surface area contributed by atoms with Crippen LogP contribution in [0.5, 0.6) is 0 Å². The van der Waals surface area contributed by atoms with Crippen LogP contribution in [-0.2, 0) is 0 Å². The fourth-order valence-electron chi connectivity index (χ4n) is 2.82. The number of hydrogen-bond donors (Lipinski definition) is 0. The zero-order valence-electron chi connectivity index (χ0n) is 10.1. The molecule has 1 nitrogen and oxygen atoms in total. The molecule has 0 radical (unpaired) electrons. The van der Waals surface area contributed by atoms with Crippen LogP contribution in [0, 0.1) is 0 Å². The van der Waals surface area contributed by atoms with Gasteiger partial charge in [0.15, 0.2) is 0 Å². The molecule has 1 aliphatic carbocycles. The van der Waals surface area contributed by atoms with E-state index in [0.717, 1.165) is 18.3 Å². The predicted molar refractivity (Wildman–Crippen MR) is 73.9 cm³/mol. The molecule has 1 aliphatic rings. The third-order valence-electron chi connectivity index (χ3n) is 3.62. The van der Waals surface area contributed by atoms with Crippen molar-refractivity contribution in [3.05, 3.63) is 71.8 Å². The Hall–Kier alpha value is -2.15.